The first kappa shape index (κ1) is 20.0. The van der Waals surface area contributed by atoms with E-state index in [1.54, 1.807) is 7.05 Å². The van der Waals surface area contributed by atoms with Crippen LogP contribution < -0.4 is 5.32 Å². The minimum atomic E-state index is 0. The summed E-state index contributed by atoms with van der Waals surface area (Å²) in [6, 6.07) is 12.3. The Balaban J connectivity index is 0.00000243. The molecule has 138 valence electrons. The Morgan fingerprint density at radius 2 is 2.04 bits per heavy atom. The molecule has 2 N–H and O–H groups in total. The molecule has 0 aliphatic rings. The van der Waals surface area contributed by atoms with Crippen molar-refractivity contribution in [3.05, 3.63) is 66.4 Å². The van der Waals surface area contributed by atoms with Crippen molar-refractivity contribution < 1.29 is 0 Å². The lowest BCUT2D eigenvalue weighted by atomic mass is 10.2. The molecule has 0 spiro atoms. The van der Waals surface area contributed by atoms with Crippen LogP contribution in [0, 0.1) is 0 Å². The largest absolute Gasteiger partial charge is 0.357 e. The van der Waals surface area contributed by atoms with Crippen molar-refractivity contribution >= 4 is 29.9 Å². The summed E-state index contributed by atoms with van der Waals surface area (Å²) in [5, 5.41) is 3.38. The number of guanidine groups is 1. The van der Waals surface area contributed by atoms with Crippen molar-refractivity contribution in [1.82, 2.24) is 24.8 Å². The molecule has 0 saturated carbocycles. The molecule has 0 saturated heterocycles. The number of nitrogens with zero attached hydrogens (tertiary/aromatic N) is 4. The number of aryl methyl sites for hydroxylation is 1. The Labute approximate surface area is 171 Å². The SMILES string of the molecule is CN=C(NCc1ccn(C)c1)N(C)Cc1ncc(-c2ccccc2)[nH]1.I. The van der Waals surface area contributed by atoms with Gasteiger partial charge in [-0.25, -0.2) is 4.98 Å². The molecule has 0 unspecified atom stereocenters. The van der Waals surface area contributed by atoms with Gasteiger partial charge in [0.1, 0.15) is 5.82 Å². The quantitative estimate of drug-likeness (QED) is 0.346. The van der Waals surface area contributed by atoms with Crippen LogP contribution in [0.5, 0.6) is 0 Å². The van der Waals surface area contributed by atoms with Gasteiger partial charge in [-0.05, 0) is 17.2 Å². The van der Waals surface area contributed by atoms with E-state index in [0.717, 1.165) is 29.6 Å². The summed E-state index contributed by atoms with van der Waals surface area (Å²) in [7, 11) is 5.82. The summed E-state index contributed by atoms with van der Waals surface area (Å²) >= 11 is 0. The first-order valence-corrected chi connectivity index (χ1v) is 8.27. The van der Waals surface area contributed by atoms with E-state index in [4.69, 9.17) is 0 Å². The van der Waals surface area contributed by atoms with Gasteiger partial charge in [0.25, 0.3) is 0 Å². The van der Waals surface area contributed by atoms with E-state index in [2.05, 4.69) is 49.6 Å². The van der Waals surface area contributed by atoms with Crippen molar-refractivity contribution in [2.45, 2.75) is 13.1 Å². The van der Waals surface area contributed by atoms with Gasteiger partial charge in [-0.1, -0.05) is 30.3 Å². The number of rotatable bonds is 5. The van der Waals surface area contributed by atoms with Crippen molar-refractivity contribution in [2.75, 3.05) is 14.1 Å². The van der Waals surface area contributed by atoms with E-state index in [0.29, 0.717) is 6.54 Å². The zero-order valence-corrected chi connectivity index (χ0v) is 17.6. The third-order valence-corrected chi connectivity index (χ3v) is 4.02. The van der Waals surface area contributed by atoms with E-state index in [1.165, 1.54) is 5.56 Å². The number of halogens is 1. The summed E-state index contributed by atoms with van der Waals surface area (Å²) in [6.07, 6.45) is 6.01. The summed E-state index contributed by atoms with van der Waals surface area (Å²) in [5.74, 6) is 1.74. The predicted octanol–water partition coefficient (Wildman–Crippen LogP) is 3.24. The van der Waals surface area contributed by atoms with Crippen molar-refractivity contribution in [3.8, 4) is 11.3 Å². The monoisotopic (exact) mass is 464 g/mol. The molecule has 0 radical (unpaired) electrons. The molecule has 0 bridgehead atoms. The molecule has 2 aromatic heterocycles. The highest BCUT2D eigenvalue weighted by molar-refractivity contribution is 14.0. The number of aromatic amines is 1. The predicted molar refractivity (Wildman–Crippen MR) is 117 cm³/mol. The van der Waals surface area contributed by atoms with Crippen LogP contribution in [0.15, 0.2) is 60.0 Å². The topological polar surface area (TPSA) is 61.2 Å². The Hall–Kier alpha value is -2.29. The Kier molecular flexibility index (Phi) is 7.26. The van der Waals surface area contributed by atoms with Crippen LogP contribution in [-0.4, -0.2) is 39.5 Å². The van der Waals surface area contributed by atoms with Gasteiger partial charge in [0, 0.05) is 40.1 Å². The van der Waals surface area contributed by atoms with E-state index in [9.17, 15) is 0 Å². The average molecular weight is 464 g/mol. The van der Waals surface area contributed by atoms with Gasteiger partial charge in [-0.15, -0.1) is 24.0 Å². The zero-order chi connectivity index (χ0) is 17.6. The van der Waals surface area contributed by atoms with Crippen LogP contribution in [0.25, 0.3) is 11.3 Å². The fourth-order valence-electron chi connectivity index (χ4n) is 2.74. The van der Waals surface area contributed by atoms with Crippen LogP contribution in [0.3, 0.4) is 0 Å². The molecule has 0 aliphatic carbocycles. The van der Waals surface area contributed by atoms with Crippen LogP contribution in [0.4, 0.5) is 0 Å². The first-order valence-electron chi connectivity index (χ1n) is 8.27. The highest BCUT2D eigenvalue weighted by Crippen LogP contribution is 2.16. The molecule has 0 aliphatic heterocycles. The van der Waals surface area contributed by atoms with Gasteiger partial charge in [-0.3, -0.25) is 4.99 Å². The van der Waals surface area contributed by atoms with E-state index >= 15 is 0 Å². The van der Waals surface area contributed by atoms with Crippen molar-refractivity contribution in [1.29, 1.82) is 0 Å². The van der Waals surface area contributed by atoms with E-state index in [-0.39, 0.29) is 24.0 Å². The summed E-state index contributed by atoms with van der Waals surface area (Å²) in [5.41, 5.74) is 3.38. The molecule has 26 heavy (non-hydrogen) atoms. The number of aliphatic imine (C=N–C) groups is 1. The fourth-order valence-corrected chi connectivity index (χ4v) is 2.74. The number of hydrogen-bond acceptors (Lipinski definition) is 2. The third kappa shape index (κ3) is 5.10. The molecule has 0 amide bonds. The normalized spacial score (nSPS) is 11.1. The molecule has 2 heterocycles. The fraction of sp³-hybridized carbons (Fsp3) is 0.263. The number of hydrogen-bond donors (Lipinski definition) is 2. The summed E-state index contributed by atoms with van der Waals surface area (Å²) in [6.45, 7) is 1.40. The smallest absolute Gasteiger partial charge is 0.194 e. The van der Waals surface area contributed by atoms with Gasteiger partial charge >= 0.3 is 0 Å². The molecule has 0 atom stereocenters. The highest BCUT2D eigenvalue weighted by Gasteiger charge is 2.10. The Morgan fingerprint density at radius 3 is 2.69 bits per heavy atom. The minimum Gasteiger partial charge on any atom is -0.357 e. The number of aromatic nitrogens is 3. The molecule has 1 aromatic carbocycles. The summed E-state index contributed by atoms with van der Waals surface area (Å²) in [4.78, 5) is 14.3. The van der Waals surface area contributed by atoms with Gasteiger partial charge in [0.2, 0.25) is 0 Å². The van der Waals surface area contributed by atoms with Crippen LogP contribution in [0.1, 0.15) is 11.4 Å². The number of imidazole rings is 1. The van der Waals surface area contributed by atoms with Gasteiger partial charge in [0.15, 0.2) is 5.96 Å². The molecule has 6 nitrogen and oxygen atoms in total. The lowest BCUT2D eigenvalue weighted by Gasteiger charge is -2.20. The van der Waals surface area contributed by atoms with Gasteiger partial charge in [0.05, 0.1) is 18.4 Å². The maximum Gasteiger partial charge on any atom is 0.194 e. The standard InChI is InChI=1S/C19H24N6.HI/c1-20-19(22-11-15-9-10-24(2)13-15)25(3)14-18-21-12-17(23-18)16-7-5-4-6-8-16;/h4-10,12-13H,11,14H2,1-3H3,(H,20,22)(H,21,23);1H. The minimum absolute atomic E-state index is 0. The zero-order valence-electron chi connectivity index (χ0n) is 15.3. The van der Waals surface area contributed by atoms with Crippen LogP contribution >= 0.6 is 24.0 Å². The van der Waals surface area contributed by atoms with E-state index < -0.39 is 0 Å². The lowest BCUT2D eigenvalue weighted by molar-refractivity contribution is 0.464. The van der Waals surface area contributed by atoms with Gasteiger partial charge < -0.3 is 19.8 Å². The highest BCUT2D eigenvalue weighted by atomic mass is 127. The number of H-pyrrole nitrogens is 1. The number of nitrogens with one attached hydrogen (secondary N) is 2. The first-order chi connectivity index (χ1) is 12.2. The maximum absolute atomic E-state index is 4.49. The van der Waals surface area contributed by atoms with Gasteiger partial charge in [-0.2, -0.15) is 0 Å². The Morgan fingerprint density at radius 1 is 1.27 bits per heavy atom. The second-order valence-electron chi connectivity index (χ2n) is 6.05. The lowest BCUT2D eigenvalue weighted by Crippen LogP contribution is -2.38. The summed E-state index contributed by atoms with van der Waals surface area (Å²) < 4.78 is 2.04. The molecular weight excluding hydrogens is 439 g/mol. The third-order valence-electron chi connectivity index (χ3n) is 4.02. The van der Waals surface area contributed by atoms with Crippen molar-refractivity contribution in [3.63, 3.8) is 0 Å². The molecular formula is C19H25IN6. The number of benzene rings is 1. The molecule has 7 heteroatoms. The second-order valence-corrected chi connectivity index (χ2v) is 6.05. The molecule has 0 fully saturated rings. The average Bonchev–Trinajstić information content (AvgIpc) is 3.25. The van der Waals surface area contributed by atoms with Crippen LogP contribution in [0.2, 0.25) is 0 Å². The second kappa shape index (κ2) is 9.42. The van der Waals surface area contributed by atoms with E-state index in [1.807, 2.05) is 49.3 Å². The van der Waals surface area contributed by atoms with Crippen LogP contribution in [-0.2, 0) is 20.1 Å². The molecule has 3 rings (SSSR count). The Bertz CT molecular complexity index is 837. The van der Waals surface area contributed by atoms with Crippen molar-refractivity contribution in [2.24, 2.45) is 12.0 Å². The molecule has 3 aromatic rings. The maximum atomic E-state index is 4.49.